The zero-order chi connectivity index (χ0) is 19.1. The van der Waals surface area contributed by atoms with Gasteiger partial charge in [-0.05, 0) is 12.1 Å². The molecule has 0 saturated heterocycles. The van der Waals surface area contributed by atoms with Gasteiger partial charge in [-0.2, -0.15) is 0 Å². The summed E-state index contributed by atoms with van der Waals surface area (Å²) in [5, 5.41) is 0.653. The standard InChI is InChI=1S/C21H14ClN3.C2H6/c22-18-13-7-12-17(14-18)21-24-19(15-8-3-1-4-9-15)23-20(25-21)16-10-5-2-6-11-16;1-2/h1-14H;1-2H3. The van der Waals surface area contributed by atoms with Crippen LogP contribution in [-0.4, -0.2) is 15.0 Å². The maximum absolute atomic E-state index is 6.14. The van der Waals surface area contributed by atoms with E-state index < -0.39 is 0 Å². The molecule has 134 valence electrons. The van der Waals surface area contributed by atoms with E-state index in [4.69, 9.17) is 11.6 Å². The molecule has 0 N–H and O–H groups in total. The van der Waals surface area contributed by atoms with E-state index in [1.54, 1.807) is 0 Å². The molecule has 0 amide bonds. The van der Waals surface area contributed by atoms with E-state index in [2.05, 4.69) is 15.0 Å². The predicted octanol–water partition coefficient (Wildman–Crippen LogP) is 6.55. The van der Waals surface area contributed by atoms with E-state index in [9.17, 15) is 0 Å². The molecular formula is C23H20ClN3. The van der Waals surface area contributed by atoms with Crippen LogP contribution in [0.15, 0.2) is 84.9 Å². The second-order valence-corrected chi connectivity index (χ2v) is 5.99. The summed E-state index contributed by atoms with van der Waals surface area (Å²) in [6, 6.07) is 27.3. The Hall–Kier alpha value is -3.04. The highest BCUT2D eigenvalue weighted by Crippen LogP contribution is 2.25. The van der Waals surface area contributed by atoms with Gasteiger partial charge in [-0.15, -0.1) is 0 Å². The molecule has 3 aromatic carbocycles. The summed E-state index contributed by atoms with van der Waals surface area (Å²) in [5.74, 6) is 1.89. The monoisotopic (exact) mass is 373 g/mol. The highest BCUT2D eigenvalue weighted by Gasteiger charge is 2.11. The summed E-state index contributed by atoms with van der Waals surface area (Å²) in [6.45, 7) is 4.00. The number of aromatic nitrogens is 3. The van der Waals surface area contributed by atoms with Gasteiger partial charge in [0.25, 0.3) is 0 Å². The maximum atomic E-state index is 6.14. The molecule has 0 saturated carbocycles. The fourth-order valence-electron chi connectivity index (χ4n) is 2.57. The van der Waals surface area contributed by atoms with Gasteiger partial charge in [0.1, 0.15) is 0 Å². The number of nitrogens with zero attached hydrogens (tertiary/aromatic N) is 3. The largest absolute Gasteiger partial charge is 0.208 e. The van der Waals surface area contributed by atoms with Crippen molar-refractivity contribution in [2.75, 3.05) is 0 Å². The minimum Gasteiger partial charge on any atom is -0.208 e. The first-order chi connectivity index (χ1) is 13.3. The smallest absolute Gasteiger partial charge is 0.164 e. The van der Waals surface area contributed by atoms with Gasteiger partial charge in [0.05, 0.1) is 0 Å². The molecule has 1 aromatic heterocycles. The normalized spacial score (nSPS) is 10.0. The first-order valence-electron chi connectivity index (χ1n) is 8.92. The molecule has 1 heterocycles. The Morgan fingerprint density at radius 2 is 0.926 bits per heavy atom. The van der Waals surface area contributed by atoms with Crippen molar-refractivity contribution in [3.8, 4) is 34.2 Å². The number of benzene rings is 3. The Morgan fingerprint density at radius 3 is 1.37 bits per heavy atom. The molecule has 0 aliphatic rings. The lowest BCUT2D eigenvalue weighted by atomic mass is 10.1. The van der Waals surface area contributed by atoms with Crippen LogP contribution in [-0.2, 0) is 0 Å². The molecule has 0 fully saturated rings. The van der Waals surface area contributed by atoms with E-state index in [-0.39, 0.29) is 0 Å². The van der Waals surface area contributed by atoms with Crippen LogP contribution >= 0.6 is 11.6 Å². The summed E-state index contributed by atoms with van der Waals surface area (Å²) < 4.78 is 0. The summed E-state index contributed by atoms with van der Waals surface area (Å²) in [4.78, 5) is 14.0. The van der Waals surface area contributed by atoms with Crippen molar-refractivity contribution >= 4 is 11.6 Å². The average molecular weight is 374 g/mol. The molecule has 4 heteroatoms. The lowest BCUT2D eigenvalue weighted by Crippen LogP contribution is -2.00. The summed E-state index contributed by atoms with van der Waals surface area (Å²) in [5.41, 5.74) is 2.76. The lowest BCUT2D eigenvalue weighted by Gasteiger charge is -2.08. The quantitative estimate of drug-likeness (QED) is 0.408. The van der Waals surface area contributed by atoms with E-state index in [0.29, 0.717) is 22.5 Å². The van der Waals surface area contributed by atoms with Crippen molar-refractivity contribution in [1.29, 1.82) is 0 Å². The van der Waals surface area contributed by atoms with Crippen molar-refractivity contribution in [1.82, 2.24) is 15.0 Å². The molecule has 0 spiro atoms. The molecule has 0 aliphatic carbocycles. The van der Waals surface area contributed by atoms with Crippen molar-refractivity contribution < 1.29 is 0 Å². The SMILES string of the molecule is CC.Clc1cccc(-c2nc(-c3ccccc3)nc(-c3ccccc3)n2)c1. The number of halogens is 1. The van der Waals surface area contributed by atoms with Crippen LogP contribution in [0.5, 0.6) is 0 Å². The number of hydrogen-bond donors (Lipinski definition) is 0. The van der Waals surface area contributed by atoms with Gasteiger partial charge in [0.15, 0.2) is 17.5 Å². The fraction of sp³-hybridized carbons (Fsp3) is 0.0870. The summed E-state index contributed by atoms with van der Waals surface area (Å²) in [7, 11) is 0. The molecule has 4 rings (SSSR count). The number of rotatable bonds is 3. The first kappa shape index (κ1) is 18.7. The van der Waals surface area contributed by atoms with Gasteiger partial charge in [-0.1, -0.05) is 98.2 Å². The van der Waals surface area contributed by atoms with Crippen LogP contribution < -0.4 is 0 Å². The topological polar surface area (TPSA) is 38.7 Å². The van der Waals surface area contributed by atoms with Crippen molar-refractivity contribution in [3.05, 3.63) is 90.0 Å². The summed E-state index contributed by atoms with van der Waals surface area (Å²) in [6.07, 6.45) is 0. The first-order valence-corrected chi connectivity index (χ1v) is 9.30. The zero-order valence-electron chi connectivity index (χ0n) is 15.3. The Balaban J connectivity index is 0.00000102. The van der Waals surface area contributed by atoms with Crippen LogP contribution in [0.3, 0.4) is 0 Å². The molecule has 3 nitrogen and oxygen atoms in total. The average Bonchev–Trinajstić information content (AvgIpc) is 2.76. The Morgan fingerprint density at radius 1 is 0.519 bits per heavy atom. The molecule has 27 heavy (non-hydrogen) atoms. The predicted molar refractivity (Wildman–Crippen MR) is 112 cm³/mol. The van der Waals surface area contributed by atoms with E-state index >= 15 is 0 Å². The molecule has 0 aliphatic heterocycles. The van der Waals surface area contributed by atoms with Crippen LogP contribution in [0.2, 0.25) is 5.02 Å². The third-order valence-corrected chi connectivity index (χ3v) is 4.02. The van der Waals surface area contributed by atoms with Gasteiger partial charge in [-0.25, -0.2) is 15.0 Å². The van der Waals surface area contributed by atoms with Gasteiger partial charge < -0.3 is 0 Å². The van der Waals surface area contributed by atoms with Gasteiger partial charge >= 0.3 is 0 Å². The van der Waals surface area contributed by atoms with E-state index in [0.717, 1.165) is 16.7 Å². The van der Waals surface area contributed by atoms with Crippen molar-refractivity contribution in [3.63, 3.8) is 0 Å². The lowest BCUT2D eigenvalue weighted by molar-refractivity contribution is 1.07. The van der Waals surface area contributed by atoms with Gasteiger partial charge in [0.2, 0.25) is 0 Å². The minimum absolute atomic E-state index is 0.607. The highest BCUT2D eigenvalue weighted by molar-refractivity contribution is 6.30. The van der Waals surface area contributed by atoms with Crippen LogP contribution in [0, 0.1) is 0 Å². The van der Waals surface area contributed by atoms with Crippen LogP contribution in [0.25, 0.3) is 34.2 Å². The fourth-order valence-corrected chi connectivity index (χ4v) is 2.76. The number of hydrogen-bond acceptors (Lipinski definition) is 3. The minimum atomic E-state index is 0.607. The second-order valence-electron chi connectivity index (χ2n) is 5.55. The maximum Gasteiger partial charge on any atom is 0.164 e. The Labute approximate surface area is 164 Å². The van der Waals surface area contributed by atoms with Crippen molar-refractivity contribution in [2.45, 2.75) is 13.8 Å². The van der Waals surface area contributed by atoms with Gasteiger partial charge in [-0.3, -0.25) is 0 Å². The van der Waals surface area contributed by atoms with Crippen molar-refractivity contribution in [2.24, 2.45) is 0 Å². The summed E-state index contributed by atoms with van der Waals surface area (Å²) >= 11 is 6.14. The highest BCUT2D eigenvalue weighted by atomic mass is 35.5. The van der Waals surface area contributed by atoms with E-state index in [1.165, 1.54) is 0 Å². The van der Waals surface area contributed by atoms with Gasteiger partial charge in [0, 0.05) is 21.7 Å². The molecule has 0 atom stereocenters. The third kappa shape index (κ3) is 4.57. The van der Waals surface area contributed by atoms with Crippen LogP contribution in [0.1, 0.15) is 13.8 Å². The Bertz CT molecular complexity index is 945. The van der Waals surface area contributed by atoms with E-state index in [1.807, 2.05) is 98.8 Å². The zero-order valence-corrected chi connectivity index (χ0v) is 16.1. The molecule has 4 aromatic rings. The second kappa shape index (κ2) is 9.06. The molecule has 0 unspecified atom stereocenters. The molecule has 0 radical (unpaired) electrons. The van der Waals surface area contributed by atoms with Crippen LogP contribution in [0.4, 0.5) is 0 Å². The molecule has 0 bridgehead atoms. The third-order valence-electron chi connectivity index (χ3n) is 3.78. The molecular weight excluding hydrogens is 354 g/mol. The Kier molecular flexibility index (Phi) is 6.29.